The van der Waals surface area contributed by atoms with Gasteiger partial charge in [0.1, 0.15) is 5.56 Å². The Hall–Kier alpha value is -2.32. The molecule has 1 amide bonds. The molecule has 1 saturated heterocycles. The van der Waals surface area contributed by atoms with E-state index in [9.17, 15) is 4.79 Å². The van der Waals surface area contributed by atoms with E-state index < -0.39 is 5.91 Å². The van der Waals surface area contributed by atoms with Gasteiger partial charge in [-0.05, 0) is 32.4 Å². The van der Waals surface area contributed by atoms with E-state index in [1.807, 2.05) is 18.5 Å². The molecular formula is C16H18N6OS. The van der Waals surface area contributed by atoms with Gasteiger partial charge < -0.3 is 5.73 Å². The molecule has 8 heteroatoms. The van der Waals surface area contributed by atoms with Gasteiger partial charge in [-0.25, -0.2) is 14.5 Å². The molecule has 124 valence electrons. The molecule has 2 N–H and O–H groups in total. The number of carbonyl (C=O) groups excluding carboxylic acids is 1. The van der Waals surface area contributed by atoms with Crippen LogP contribution in [0.4, 0.5) is 0 Å². The van der Waals surface area contributed by atoms with E-state index in [4.69, 9.17) is 5.73 Å². The van der Waals surface area contributed by atoms with Gasteiger partial charge in [-0.3, -0.25) is 9.69 Å². The summed E-state index contributed by atoms with van der Waals surface area (Å²) < 4.78 is 1.75. The van der Waals surface area contributed by atoms with Gasteiger partial charge >= 0.3 is 0 Å². The lowest BCUT2D eigenvalue weighted by Gasteiger charge is -2.24. The molecule has 0 unspecified atom stereocenters. The summed E-state index contributed by atoms with van der Waals surface area (Å²) in [5.41, 5.74) is 10.3. The Morgan fingerprint density at radius 1 is 1.46 bits per heavy atom. The molecule has 0 bridgehead atoms. The van der Waals surface area contributed by atoms with Gasteiger partial charge in [-0.15, -0.1) is 11.3 Å². The van der Waals surface area contributed by atoms with Gasteiger partial charge in [0.25, 0.3) is 5.91 Å². The molecule has 7 nitrogen and oxygen atoms in total. The van der Waals surface area contributed by atoms with Gasteiger partial charge in [0.05, 0.1) is 29.1 Å². The summed E-state index contributed by atoms with van der Waals surface area (Å²) in [4.78, 5) is 23.9. The molecule has 1 aliphatic rings. The number of aromatic nitrogens is 4. The van der Waals surface area contributed by atoms with Crippen LogP contribution in [0.25, 0.3) is 5.65 Å². The second kappa shape index (κ2) is 5.95. The average Bonchev–Trinajstić information content (AvgIpc) is 3.27. The molecule has 0 saturated carbocycles. The number of likely N-dealkylation sites (tertiary alicyclic amines) is 1. The molecule has 3 aromatic rings. The lowest BCUT2D eigenvalue weighted by Crippen LogP contribution is -2.24. The number of amides is 1. The van der Waals surface area contributed by atoms with Crippen molar-refractivity contribution in [3.05, 3.63) is 45.8 Å². The standard InChI is InChI=1S/C16H18N6OS/c1-10-14(24-9-19-10)8-21-6-2-3-12(21)13-4-5-18-16-11(15(17)23)7-20-22(13)16/h4-5,7,9,12H,2-3,6,8H2,1H3,(H2,17,23)/t12-/m1/s1. The van der Waals surface area contributed by atoms with Crippen molar-refractivity contribution in [2.24, 2.45) is 5.73 Å². The van der Waals surface area contributed by atoms with Gasteiger partial charge in [-0.2, -0.15) is 5.10 Å². The number of hydrogen-bond donors (Lipinski definition) is 1. The topological polar surface area (TPSA) is 89.4 Å². The Morgan fingerprint density at radius 2 is 2.33 bits per heavy atom. The smallest absolute Gasteiger partial charge is 0.254 e. The second-order valence-corrected chi connectivity index (χ2v) is 6.96. The molecule has 0 spiro atoms. The number of fused-ring (bicyclic) bond motifs is 1. The van der Waals surface area contributed by atoms with Crippen molar-refractivity contribution >= 4 is 22.9 Å². The first kappa shape index (κ1) is 15.2. The fourth-order valence-corrected chi connectivity index (χ4v) is 4.15. The molecule has 3 aromatic heterocycles. The maximum absolute atomic E-state index is 11.5. The minimum atomic E-state index is -0.502. The fraction of sp³-hybridized carbons (Fsp3) is 0.375. The van der Waals surface area contributed by atoms with Crippen LogP contribution in [0, 0.1) is 6.92 Å². The number of thiazole rings is 1. The molecule has 4 heterocycles. The highest BCUT2D eigenvalue weighted by atomic mass is 32.1. The Labute approximate surface area is 143 Å². The van der Waals surface area contributed by atoms with Crippen molar-refractivity contribution in [1.82, 2.24) is 24.5 Å². The van der Waals surface area contributed by atoms with Crippen LogP contribution in [-0.2, 0) is 6.54 Å². The average molecular weight is 342 g/mol. The summed E-state index contributed by atoms with van der Waals surface area (Å²) in [6.07, 6.45) is 5.42. The van der Waals surface area contributed by atoms with Crippen LogP contribution in [-0.4, -0.2) is 36.9 Å². The number of primary amides is 1. The van der Waals surface area contributed by atoms with Crippen LogP contribution in [0.2, 0.25) is 0 Å². The summed E-state index contributed by atoms with van der Waals surface area (Å²) in [6.45, 7) is 3.97. The molecule has 0 radical (unpaired) electrons. The lowest BCUT2D eigenvalue weighted by atomic mass is 10.1. The molecule has 0 aliphatic carbocycles. The third-order valence-electron chi connectivity index (χ3n) is 4.59. The van der Waals surface area contributed by atoms with E-state index in [2.05, 4.69) is 20.0 Å². The summed E-state index contributed by atoms with van der Waals surface area (Å²) in [5.74, 6) is -0.502. The number of hydrogen-bond acceptors (Lipinski definition) is 6. The minimum absolute atomic E-state index is 0.248. The maximum Gasteiger partial charge on any atom is 0.254 e. The summed E-state index contributed by atoms with van der Waals surface area (Å²) >= 11 is 1.70. The quantitative estimate of drug-likeness (QED) is 0.782. The van der Waals surface area contributed by atoms with Crippen molar-refractivity contribution in [2.75, 3.05) is 6.54 Å². The molecule has 1 atom stereocenters. The number of nitrogens with two attached hydrogens (primary N) is 1. The SMILES string of the molecule is Cc1ncsc1CN1CCC[C@@H]1c1ccnc2c(C(N)=O)cnn12. The zero-order chi connectivity index (χ0) is 16.7. The molecule has 1 fully saturated rings. The van der Waals surface area contributed by atoms with Gasteiger partial charge in [0, 0.05) is 17.6 Å². The third kappa shape index (κ3) is 2.47. The predicted octanol–water partition coefficient (Wildman–Crippen LogP) is 1.93. The zero-order valence-electron chi connectivity index (χ0n) is 13.3. The van der Waals surface area contributed by atoms with Crippen molar-refractivity contribution in [1.29, 1.82) is 0 Å². The third-order valence-corrected chi connectivity index (χ3v) is 5.51. The largest absolute Gasteiger partial charge is 0.365 e. The minimum Gasteiger partial charge on any atom is -0.365 e. The van der Waals surface area contributed by atoms with E-state index in [0.29, 0.717) is 11.2 Å². The van der Waals surface area contributed by atoms with Crippen LogP contribution in [0.5, 0.6) is 0 Å². The number of rotatable bonds is 4. The fourth-order valence-electron chi connectivity index (χ4n) is 3.35. The molecule has 1 aliphatic heterocycles. The van der Waals surface area contributed by atoms with Gasteiger partial charge in [-0.1, -0.05) is 0 Å². The Balaban J connectivity index is 1.71. The van der Waals surface area contributed by atoms with E-state index >= 15 is 0 Å². The van der Waals surface area contributed by atoms with Gasteiger partial charge in [0.15, 0.2) is 5.65 Å². The van der Waals surface area contributed by atoms with Crippen molar-refractivity contribution in [3.8, 4) is 0 Å². The van der Waals surface area contributed by atoms with Crippen molar-refractivity contribution in [2.45, 2.75) is 32.4 Å². The molecule has 0 aromatic carbocycles. The summed E-state index contributed by atoms with van der Waals surface area (Å²) in [5, 5.41) is 4.35. The van der Waals surface area contributed by atoms with Crippen molar-refractivity contribution < 1.29 is 4.79 Å². The highest BCUT2D eigenvalue weighted by Crippen LogP contribution is 2.34. The monoisotopic (exact) mass is 342 g/mol. The van der Waals surface area contributed by atoms with E-state index in [1.165, 1.54) is 11.1 Å². The van der Waals surface area contributed by atoms with Crippen LogP contribution in [0.1, 0.15) is 45.5 Å². The highest BCUT2D eigenvalue weighted by molar-refractivity contribution is 7.09. The zero-order valence-corrected chi connectivity index (χ0v) is 14.2. The Morgan fingerprint density at radius 3 is 3.08 bits per heavy atom. The van der Waals surface area contributed by atoms with E-state index in [0.717, 1.165) is 37.3 Å². The molecule has 4 rings (SSSR count). The Kier molecular flexibility index (Phi) is 3.78. The highest BCUT2D eigenvalue weighted by Gasteiger charge is 2.29. The maximum atomic E-state index is 11.5. The predicted molar refractivity (Wildman–Crippen MR) is 90.7 cm³/mol. The Bertz CT molecular complexity index is 901. The number of aryl methyl sites for hydroxylation is 1. The molecule has 24 heavy (non-hydrogen) atoms. The lowest BCUT2D eigenvalue weighted by molar-refractivity contribution is 0.100. The van der Waals surface area contributed by atoms with Crippen molar-refractivity contribution in [3.63, 3.8) is 0 Å². The van der Waals surface area contributed by atoms with Crippen LogP contribution >= 0.6 is 11.3 Å². The van der Waals surface area contributed by atoms with Crippen LogP contribution in [0.15, 0.2) is 24.0 Å². The van der Waals surface area contributed by atoms with Crippen LogP contribution in [0.3, 0.4) is 0 Å². The first-order chi connectivity index (χ1) is 11.6. The first-order valence-corrected chi connectivity index (χ1v) is 8.78. The number of nitrogens with zero attached hydrogens (tertiary/aromatic N) is 5. The first-order valence-electron chi connectivity index (χ1n) is 7.90. The van der Waals surface area contributed by atoms with E-state index in [-0.39, 0.29) is 6.04 Å². The number of carbonyl (C=O) groups is 1. The normalized spacial score (nSPS) is 18.5. The van der Waals surface area contributed by atoms with Crippen LogP contribution < -0.4 is 5.73 Å². The second-order valence-electron chi connectivity index (χ2n) is 6.02. The summed E-state index contributed by atoms with van der Waals surface area (Å²) in [7, 11) is 0. The van der Waals surface area contributed by atoms with E-state index in [1.54, 1.807) is 22.0 Å². The summed E-state index contributed by atoms with van der Waals surface area (Å²) in [6, 6.07) is 2.23. The van der Waals surface area contributed by atoms with Gasteiger partial charge in [0.2, 0.25) is 0 Å². The molecular weight excluding hydrogens is 324 g/mol.